The first-order chi connectivity index (χ1) is 10.8. The van der Waals surface area contributed by atoms with Crippen LogP contribution in [-0.2, 0) is 20.7 Å². The molecular formula is C14H11ClN2O5S. The van der Waals surface area contributed by atoms with E-state index in [-0.39, 0.29) is 17.0 Å². The van der Waals surface area contributed by atoms with Gasteiger partial charge in [-0.15, -0.1) is 0 Å². The molecule has 0 unspecified atom stereocenters. The van der Waals surface area contributed by atoms with Gasteiger partial charge >= 0.3 is 10.1 Å². The Morgan fingerprint density at radius 1 is 1.13 bits per heavy atom. The van der Waals surface area contributed by atoms with E-state index in [1.54, 1.807) is 24.3 Å². The molecule has 7 nitrogen and oxygen atoms in total. The Bertz CT molecular complexity index is 832. The molecule has 0 amide bonds. The molecule has 0 saturated carbocycles. The maximum absolute atomic E-state index is 12.0. The van der Waals surface area contributed by atoms with Crippen LogP contribution in [0.3, 0.4) is 0 Å². The SMILES string of the molecule is N=C(Cc1ccc(Cl)cc1)OS(=O)(=O)c1ccc([N+](=O)[O-])cc1. The van der Waals surface area contributed by atoms with Crippen molar-refractivity contribution in [3.63, 3.8) is 0 Å². The van der Waals surface area contributed by atoms with Crippen molar-refractivity contribution in [2.75, 3.05) is 0 Å². The minimum absolute atomic E-state index is 0.0244. The summed E-state index contributed by atoms with van der Waals surface area (Å²) in [7, 11) is -4.20. The van der Waals surface area contributed by atoms with Gasteiger partial charge in [-0.3, -0.25) is 15.5 Å². The van der Waals surface area contributed by atoms with Crippen molar-refractivity contribution < 1.29 is 17.5 Å². The van der Waals surface area contributed by atoms with Crippen LogP contribution >= 0.6 is 11.6 Å². The molecule has 0 atom stereocenters. The fourth-order valence-electron chi connectivity index (χ4n) is 1.73. The highest BCUT2D eigenvalue weighted by molar-refractivity contribution is 7.87. The highest BCUT2D eigenvalue weighted by Crippen LogP contribution is 2.18. The number of nitrogens with one attached hydrogen (secondary N) is 1. The van der Waals surface area contributed by atoms with Crippen LogP contribution in [0, 0.1) is 15.5 Å². The number of nitro benzene ring substituents is 1. The molecule has 0 aliphatic rings. The molecule has 2 rings (SSSR count). The maximum Gasteiger partial charge on any atom is 0.340 e. The number of nitrogens with zero attached hydrogens (tertiary/aromatic N) is 1. The van der Waals surface area contributed by atoms with Crippen LogP contribution in [0.2, 0.25) is 5.02 Å². The normalized spacial score (nSPS) is 11.0. The summed E-state index contributed by atoms with van der Waals surface area (Å²) >= 11 is 5.74. The lowest BCUT2D eigenvalue weighted by atomic mass is 10.1. The van der Waals surface area contributed by atoms with E-state index in [9.17, 15) is 18.5 Å². The summed E-state index contributed by atoms with van der Waals surface area (Å²) in [6.07, 6.45) is -0.0244. The average Bonchev–Trinajstić information content (AvgIpc) is 2.49. The molecule has 0 aliphatic carbocycles. The van der Waals surface area contributed by atoms with Crippen molar-refractivity contribution in [3.05, 3.63) is 69.2 Å². The number of benzene rings is 2. The summed E-state index contributed by atoms with van der Waals surface area (Å²) in [4.78, 5) is 9.65. The summed E-state index contributed by atoms with van der Waals surface area (Å²) in [5, 5.41) is 18.7. The molecule has 0 aromatic heterocycles. The lowest BCUT2D eigenvalue weighted by Crippen LogP contribution is -2.14. The third-order valence-electron chi connectivity index (χ3n) is 2.82. The largest absolute Gasteiger partial charge is 0.363 e. The molecule has 2 aromatic carbocycles. The lowest BCUT2D eigenvalue weighted by molar-refractivity contribution is -0.384. The van der Waals surface area contributed by atoms with E-state index >= 15 is 0 Å². The van der Waals surface area contributed by atoms with Crippen LogP contribution < -0.4 is 0 Å². The predicted molar refractivity (Wildman–Crippen MR) is 84.2 cm³/mol. The molecule has 0 spiro atoms. The smallest absolute Gasteiger partial charge is 0.340 e. The lowest BCUT2D eigenvalue weighted by Gasteiger charge is -2.08. The molecule has 23 heavy (non-hydrogen) atoms. The van der Waals surface area contributed by atoms with Crippen LogP contribution in [0.4, 0.5) is 5.69 Å². The fourth-order valence-corrected chi connectivity index (χ4v) is 2.75. The van der Waals surface area contributed by atoms with Crippen molar-refractivity contribution in [3.8, 4) is 0 Å². The Morgan fingerprint density at radius 3 is 2.22 bits per heavy atom. The molecule has 0 radical (unpaired) electrons. The zero-order valence-corrected chi connectivity index (χ0v) is 13.2. The van der Waals surface area contributed by atoms with Crippen LogP contribution in [-0.4, -0.2) is 19.2 Å². The second kappa shape index (κ2) is 6.76. The number of halogens is 1. The van der Waals surface area contributed by atoms with Gasteiger partial charge in [0.15, 0.2) is 0 Å². The van der Waals surface area contributed by atoms with E-state index in [1.165, 1.54) is 0 Å². The molecule has 0 saturated heterocycles. The summed E-state index contributed by atoms with van der Waals surface area (Å²) in [5.74, 6) is -0.467. The number of rotatable bonds is 5. The molecule has 9 heteroatoms. The molecule has 1 N–H and O–H groups in total. The Labute approximate surface area is 137 Å². The van der Waals surface area contributed by atoms with Gasteiger partial charge in [-0.05, 0) is 29.8 Å². The van der Waals surface area contributed by atoms with Gasteiger partial charge in [0.25, 0.3) is 5.69 Å². The van der Waals surface area contributed by atoms with Crippen molar-refractivity contribution >= 4 is 33.3 Å². The molecular weight excluding hydrogens is 344 g/mol. The van der Waals surface area contributed by atoms with Crippen molar-refractivity contribution in [2.24, 2.45) is 0 Å². The van der Waals surface area contributed by atoms with Gasteiger partial charge in [0, 0.05) is 23.6 Å². The highest BCUT2D eigenvalue weighted by Gasteiger charge is 2.19. The van der Waals surface area contributed by atoms with Crippen LogP contribution in [0.15, 0.2) is 53.4 Å². The minimum atomic E-state index is -4.20. The average molecular weight is 355 g/mol. The summed E-state index contributed by atoms with van der Waals surface area (Å²) in [5.41, 5.74) is 0.429. The quantitative estimate of drug-likeness (QED) is 0.291. The number of non-ortho nitro benzene ring substituents is 1. The van der Waals surface area contributed by atoms with Gasteiger partial charge in [0.1, 0.15) is 4.90 Å². The third kappa shape index (κ3) is 4.51. The van der Waals surface area contributed by atoms with Gasteiger partial charge in [-0.1, -0.05) is 23.7 Å². The summed E-state index contributed by atoms with van der Waals surface area (Å²) in [6, 6.07) is 10.8. The number of hydrogen-bond acceptors (Lipinski definition) is 6. The molecule has 2 aromatic rings. The molecule has 120 valence electrons. The Morgan fingerprint density at radius 2 is 1.70 bits per heavy atom. The van der Waals surface area contributed by atoms with E-state index in [4.69, 9.17) is 21.2 Å². The predicted octanol–water partition coefficient (Wildman–Crippen LogP) is 3.17. The number of hydrogen-bond donors (Lipinski definition) is 1. The Kier molecular flexibility index (Phi) is 4.97. The van der Waals surface area contributed by atoms with Gasteiger partial charge in [-0.25, -0.2) is 0 Å². The van der Waals surface area contributed by atoms with E-state index < -0.39 is 20.9 Å². The van der Waals surface area contributed by atoms with Gasteiger partial charge in [-0.2, -0.15) is 8.42 Å². The van der Waals surface area contributed by atoms with E-state index in [0.717, 1.165) is 24.3 Å². The van der Waals surface area contributed by atoms with Crippen molar-refractivity contribution in [1.82, 2.24) is 0 Å². The second-order valence-corrected chi connectivity index (χ2v) is 6.50. The Balaban J connectivity index is 2.09. The first kappa shape index (κ1) is 16.9. The van der Waals surface area contributed by atoms with Gasteiger partial charge in [0.2, 0.25) is 5.90 Å². The van der Waals surface area contributed by atoms with E-state index in [1.807, 2.05) is 0 Å². The second-order valence-electron chi connectivity index (χ2n) is 4.51. The molecule has 0 heterocycles. The van der Waals surface area contributed by atoms with E-state index in [0.29, 0.717) is 10.6 Å². The minimum Gasteiger partial charge on any atom is -0.363 e. The third-order valence-corrected chi connectivity index (χ3v) is 4.35. The zero-order chi connectivity index (χ0) is 17.0. The summed E-state index contributed by atoms with van der Waals surface area (Å²) in [6.45, 7) is 0. The van der Waals surface area contributed by atoms with Crippen LogP contribution in [0.25, 0.3) is 0 Å². The standard InChI is InChI=1S/C14H11ClN2O5S/c15-11-3-1-10(2-4-11)9-14(16)22-23(20,21)13-7-5-12(6-8-13)17(18)19/h1-8,16H,9H2. The molecule has 0 aliphatic heterocycles. The fraction of sp³-hybridized carbons (Fsp3) is 0.0714. The first-order valence-corrected chi connectivity index (χ1v) is 8.07. The maximum atomic E-state index is 12.0. The molecule has 0 fully saturated rings. The Hall–Kier alpha value is -2.45. The van der Waals surface area contributed by atoms with Crippen LogP contribution in [0.5, 0.6) is 0 Å². The molecule has 0 bridgehead atoms. The monoisotopic (exact) mass is 354 g/mol. The van der Waals surface area contributed by atoms with E-state index in [2.05, 4.69) is 0 Å². The van der Waals surface area contributed by atoms with Gasteiger partial charge < -0.3 is 4.18 Å². The van der Waals surface area contributed by atoms with Gasteiger partial charge in [0.05, 0.1) is 4.92 Å². The number of nitro groups is 1. The topological polar surface area (TPSA) is 110 Å². The highest BCUT2D eigenvalue weighted by atomic mass is 35.5. The van der Waals surface area contributed by atoms with Crippen molar-refractivity contribution in [2.45, 2.75) is 11.3 Å². The zero-order valence-electron chi connectivity index (χ0n) is 11.6. The van der Waals surface area contributed by atoms with Crippen LogP contribution in [0.1, 0.15) is 5.56 Å². The summed E-state index contributed by atoms with van der Waals surface area (Å²) < 4.78 is 28.7. The first-order valence-electron chi connectivity index (χ1n) is 6.29. The van der Waals surface area contributed by atoms with Crippen molar-refractivity contribution in [1.29, 1.82) is 5.41 Å².